The van der Waals surface area contributed by atoms with E-state index in [1.54, 1.807) is 12.1 Å². The molecule has 3 rings (SSSR count). The van der Waals surface area contributed by atoms with Crippen LogP contribution in [-0.4, -0.2) is 6.04 Å². The van der Waals surface area contributed by atoms with Crippen LogP contribution in [0.15, 0.2) is 42.5 Å². The van der Waals surface area contributed by atoms with Gasteiger partial charge in [-0.25, -0.2) is 4.39 Å². The van der Waals surface area contributed by atoms with Crippen molar-refractivity contribution in [1.82, 2.24) is 5.32 Å². The number of halogens is 2. The average Bonchev–Trinajstić information content (AvgIpc) is 3.29. The molecule has 0 radical (unpaired) electrons. The average molecular weight is 306 g/mol. The Morgan fingerprint density at radius 1 is 1.19 bits per heavy atom. The monoisotopic (exact) mass is 305 g/mol. The van der Waals surface area contributed by atoms with Crippen LogP contribution < -0.4 is 10.1 Å². The lowest BCUT2D eigenvalue weighted by Crippen LogP contribution is -2.15. The zero-order valence-corrected chi connectivity index (χ0v) is 12.4. The van der Waals surface area contributed by atoms with Gasteiger partial charge in [-0.1, -0.05) is 23.7 Å². The molecule has 110 valence electrons. The van der Waals surface area contributed by atoms with Gasteiger partial charge < -0.3 is 10.1 Å². The van der Waals surface area contributed by atoms with E-state index in [1.165, 1.54) is 18.9 Å². The van der Waals surface area contributed by atoms with Crippen LogP contribution >= 0.6 is 11.6 Å². The second-order valence-corrected chi connectivity index (χ2v) is 5.76. The summed E-state index contributed by atoms with van der Waals surface area (Å²) >= 11 is 5.90. The SMILES string of the molecule is Fc1ccc(CNC2CC2)cc1COc1cccc(Cl)c1. The second-order valence-electron chi connectivity index (χ2n) is 5.33. The lowest BCUT2D eigenvalue weighted by molar-refractivity contribution is 0.299. The zero-order chi connectivity index (χ0) is 14.7. The van der Waals surface area contributed by atoms with E-state index in [0.717, 1.165) is 12.1 Å². The van der Waals surface area contributed by atoms with Crippen LogP contribution in [0.5, 0.6) is 5.75 Å². The fourth-order valence-electron chi connectivity index (χ4n) is 2.12. The molecule has 0 aromatic heterocycles. The molecule has 0 aliphatic heterocycles. The topological polar surface area (TPSA) is 21.3 Å². The summed E-state index contributed by atoms with van der Waals surface area (Å²) in [5, 5.41) is 4.03. The third-order valence-corrected chi connectivity index (χ3v) is 3.71. The van der Waals surface area contributed by atoms with E-state index in [1.807, 2.05) is 24.3 Å². The van der Waals surface area contributed by atoms with Crippen molar-refractivity contribution in [2.75, 3.05) is 0 Å². The van der Waals surface area contributed by atoms with Gasteiger partial charge in [-0.15, -0.1) is 0 Å². The highest BCUT2D eigenvalue weighted by molar-refractivity contribution is 6.30. The quantitative estimate of drug-likeness (QED) is 0.858. The highest BCUT2D eigenvalue weighted by Crippen LogP contribution is 2.21. The van der Waals surface area contributed by atoms with E-state index in [-0.39, 0.29) is 12.4 Å². The molecule has 2 aromatic carbocycles. The molecular formula is C17H17ClFNO. The fourth-order valence-corrected chi connectivity index (χ4v) is 2.30. The smallest absolute Gasteiger partial charge is 0.129 e. The molecule has 1 aliphatic rings. The maximum Gasteiger partial charge on any atom is 0.129 e. The van der Waals surface area contributed by atoms with Gasteiger partial charge in [0.1, 0.15) is 18.2 Å². The zero-order valence-electron chi connectivity index (χ0n) is 11.6. The van der Waals surface area contributed by atoms with Gasteiger partial charge >= 0.3 is 0 Å². The Balaban J connectivity index is 1.64. The minimum absolute atomic E-state index is 0.198. The molecule has 1 aliphatic carbocycles. The molecule has 0 amide bonds. The molecule has 2 nitrogen and oxygen atoms in total. The highest BCUT2D eigenvalue weighted by Gasteiger charge is 2.20. The lowest BCUT2D eigenvalue weighted by Gasteiger charge is -2.10. The molecule has 0 heterocycles. The van der Waals surface area contributed by atoms with Gasteiger partial charge in [-0.3, -0.25) is 0 Å². The number of hydrogen-bond acceptors (Lipinski definition) is 2. The molecule has 1 saturated carbocycles. The first-order chi connectivity index (χ1) is 10.2. The van der Waals surface area contributed by atoms with Gasteiger partial charge in [0.25, 0.3) is 0 Å². The van der Waals surface area contributed by atoms with Crippen molar-refractivity contribution in [3.8, 4) is 5.75 Å². The highest BCUT2D eigenvalue weighted by atomic mass is 35.5. The molecule has 2 aromatic rings. The van der Waals surface area contributed by atoms with Crippen LogP contribution in [0.3, 0.4) is 0 Å². The summed E-state index contributed by atoms with van der Waals surface area (Å²) in [6, 6.07) is 12.9. The maximum atomic E-state index is 13.8. The van der Waals surface area contributed by atoms with Gasteiger partial charge in [-0.2, -0.15) is 0 Å². The van der Waals surface area contributed by atoms with E-state index < -0.39 is 0 Å². The lowest BCUT2D eigenvalue weighted by atomic mass is 10.1. The van der Waals surface area contributed by atoms with Gasteiger partial charge in [0.2, 0.25) is 0 Å². The van der Waals surface area contributed by atoms with Crippen molar-refractivity contribution in [3.05, 3.63) is 64.4 Å². The Morgan fingerprint density at radius 2 is 2.05 bits per heavy atom. The fraction of sp³-hybridized carbons (Fsp3) is 0.294. The van der Waals surface area contributed by atoms with E-state index in [9.17, 15) is 4.39 Å². The number of hydrogen-bond donors (Lipinski definition) is 1. The van der Waals surface area contributed by atoms with Crippen molar-refractivity contribution in [3.63, 3.8) is 0 Å². The molecule has 21 heavy (non-hydrogen) atoms. The summed E-state index contributed by atoms with van der Waals surface area (Å²) in [6.07, 6.45) is 2.48. The molecule has 0 atom stereocenters. The molecule has 0 saturated heterocycles. The summed E-state index contributed by atoms with van der Waals surface area (Å²) in [5.74, 6) is 0.399. The molecule has 4 heteroatoms. The number of nitrogens with one attached hydrogen (secondary N) is 1. The van der Waals surface area contributed by atoms with Crippen molar-refractivity contribution in [1.29, 1.82) is 0 Å². The van der Waals surface area contributed by atoms with Crippen LogP contribution in [0.2, 0.25) is 5.02 Å². The predicted molar refractivity (Wildman–Crippen MR) is 82.0 cm³/mol. The molecule has 1 fully saturated rings. The van der Waals surface area contributed by atoms with Crippen molar-refractivity contribution in [2.45, 2.75) is 32.0 Å². The Kier molecular flexibility index (Phi) is 4.42. The van der Waals surface area contributed by atoms with Crippen molar-refractivity contribution in [2.24, 2.45) is 0 Å². The van der Waals surface area contributed by atoms with E-state index in [0.29, 0.717) is 22.4 Å². The standard InChI is InChI=1S/C17H17ClFNO/c18-14-2-1-3-16(9-14)21-11-13-8-12(4-7-17(13)19)10-20-15-5-6-15/h1-4,7-9,15,20H,5-6,10-11H2. The molecule has 0 bridgehead atoms. The van der Waals surface area contributed by atoms with E-state index >= 15 is 0 Å². The first kappa shape index (κ1) is 14.4. The van der Waals surface area contributed by atoms with Crippen LogP contribution in [0.1, 0.15) is 24.0 Å². The Bertz CT molecular complexity index is 628. The summed E-state index contributed by atoms with van der Waals surface area (Å²) in [6.45, 7) is 0.971. The van der Waals surface area contributed by atoms with Gasteiger partial charge in [-0.05, 0) is 48.7 Å². The van der Waals surface area contributed by atoms with Gasteiger partial charge in [0.05, 0.1) is 0 Å². The summed E-state index contributed by atoms with van der Waals surface area (Å²) in [7, 11) is 0. The van der Waals surface area contributed by atoms with Crippen LogP contribution in [0.4, 0.5) is 4.39 Å². The van der Waals surface area contributed by atoms with E-state index in [2.05, 4.69) is 5.32 Å². The summed E-state index contributed by atoms with van der Waals surface area (Å²) in [4.78, 5) is 0. The van der Waals surface area contributed by atoms with Crippen molar-refractivity contribution < 1.29 is 9.13 Å². The molecular weight excluding hydrogens is 289 g/mol. The van der Waals surface area contributed by atoms with Crippen LogP contribution in [-0.2, 0) is 13.2 Å². The number of benzene rings is 2. The predicted octanol–water partition coefficient (Wildman–Crippen LogP) is 4.31. The van der Waals surface area contributed by atoms with Gasteiger partial charge in [0.15, 0.2) is 0 Å². The normalized spacial score (nSPS) is 14.2. The van der Waals surface area contributed by atoms with E-state index in [4.69, 9.17) is 16.3 Å². The molecule has 0 spiro atoms. The summed E-state index contributed by atoms with van der Waals surface area (Å²) < 4.78 is 19.4. The van der Waals surface area contributed by atoms with Crippen LogP contribution in [0, 0.1) is 5.82 Å². The third kappa shape index (κ3) is 4.19. The minimum Gasteiger partial charge on any atom is -0.489 e. The van der Waals surface area contributed by atoms with Crippen molar-refractivity contribution >= 4 is 11.6 Å². The second kappa shape index (κ2) is 6.46. The number of ether oxygens (including phenoxy) is 1. The largest absolute Gasteiger partial charge is 0.489 e. The Morgan fingerprint density at radius 3 is 2.81 bits per heavy atom. The van der Waals surface area contributed by atoms with Crippen LogP contribution in [0.25, 0.3) is 0 Å². The third-order valence-electron chi connectivity index (χ3n) is 3.47. The first-order valence-electron chi connectivity index (χ1n) is 7.10. The first-order valence-corrected chi connectivity index (χ1v) is 7.47. The molecule has 1 N–H and O–H groups in total. The minimum atomic E-state index is -0.243. The number of rotatable bonds is 6. The summed E-state index contributed by atoms with van der Waals surface area (Å²) in [5.41, 5.74) is 1.64. The molecule has 0 unspecified atom stereocenters. The van der Waals surface area contributed by atoms with Gasteiger partial charge in [0, 0.05) is 23.2 Å². The maximum absolute atomic E-state index is 13.8. The Labute approximate surface area is 128 Å². The Hall–Kier alpha value is -1.58.